The molecule has 4 nitrogen and oxygen atoms in total. The molecule has 1 aromatic heterocycles. The van der Waals surface area contributed by atoms with E-state index in [0.29, 0.717) is 17.5 Å². The molecule has 1 aliphatic rings. The first-order valence-corrected chi connectivity index (χ1v) is 9.79. The highest BCUT2D eigenvalue weighted by molar-refractivity contribution is 5.22. The van der Waals surface area contributed by atoms with E-state index in [-0.39, 0.29) is 12.5 Å². The van der Waals surface area contributed by atoms with Gasteiger partial charge in [0.15, 0.2) is 5.75 Å². The lowest BCUT2D eigenvalue weighted by atomic mass is 9.91. The van der Waals surface area contributed by atoms with Crippen molar-refractivity contribution in [3.8, 4) is 5.75 Å². The summed E-state index contributed by atoms with van der Waals surface area (Å²) in [7, 11) is 0. The first-order chi connectivity index (χ1) is 13.1. The third kappa shape index (κ3) is 5.27. The molecule has 3 atom stereocenters. The topological polar surface area (TPSA) is 56.6 Å². The normalized spacial score (nSPS) is 21.4. The van der Waals surface area contributed by atoms with Crippen LogP contribution in [0.25, 0.3) is 0 Å². The Morgan fingerprint density at radius 2 is 1.89 bits per heavy atom. The van der Waals surface area contributed by atoms with E-state index >= 15 is 0 Å². The number of hydrogen-bond acceptors (Lipinski definition) is 4. The molecule has 0 aliphatic carbocycles. The lowest BCUT2D eigenvalue weighted by molar-refractivity contribution is 0.195. The zero-order valence-electron chi connectivity index (χ0n) is 15.9. The molecule has 1 unspecified atom stereocenters. The average molecular weight is 372 g/mol. The summed E-state index contributed by atoms with van der Waals surface area (Å²) in [6.45, 7) is 4.85. The molecular weight excluding hydrogens is 343 g/mol. The van der Waals surface area contributed by atoms with Crippen molar-refractivity contribution < 1.29 is 14.6 Å². The van der Waals surface area contributed by atoms with Crippen LogP contribution < -0.4 is 0 Å². The smallest absolute Gasteiger partial charge is 0.255 e. The van der Waals surface area contributed by atoms with Crippen LogP contribution in [0.3, 0.4) is 0 Å². The Hall–Kier alpha value is -1.98. The maximum absolute atomic E-state index is 13.5. The summed E-state index contributed by atoms with van der Waals surface area (Å²) in [6.07, 6.45) is 3.30. The molecule has 1 fully saturated rings. The van der Waals surface area contributed by atoms with Gasteiger partial charge in [-0.3, -0.25) is 0 Å². The Kier molecular flexibility index (Phi) is 6.80. The predicted molar refractivity (Wildman–Crippen MR) is 104 cm³/mol. The average Bonchev–Trinajstić information content (AvgIpc) is 3.06. The van der Waals surface area contributed by atoms with Crippen molar-refractivity contribution >= 4 is 0 Å². The highest BCUT2D eigenvalue weighted by Gasteiger charge is 2.32. The minimum absolute atomic E-state index is 0.0718. The second-order valence-corrected chi connectivity index (χ2v) is 7.75. The lowest BCUT2D eigenvalue weighted by Crippen LogP contribution is -2.26. The highest BCUT2D eigenvalue weighted by Crippen LogP contribution is 2.30. The van der Waals surface area contributed by atoms with Gasteiger partial charge in [0.05, 0.1) is 0 Å². The number of rotatable bonds is 8. The van der Waals surface area contributed by atoms with Crippen LogP contribution in [0.15, 0.2) is 42.5 Å². The van der Waals surface area contributed by atoms with Crippen LogP contribution in [0.1, 0.15) is 36.9 Å². The first kappa shape index (κ1) is 19.8. The number of aliphatic hydroxyl groups is 1. The number of pyridine rings is 1. The molecule has 0 amide bonds. The summed E-state index contributed by atoms with van der Waals surface area (Å²) in [5.74, 6) is -0.353. The van der Waals surface area contributed by atoms with Crippen LogP contribution in [0.5, 0.6) is 5.75 Å². The second-order valence-electron chi connectivity index (χ2n) is 7.75. The van der Waals surface area contributed by atoms with E-state index < -0.39 is 11.7 Å². The molecule has 5 heteroatoms. The maximum Gasteiger partial charge on any atom is 0.255 e. The van der Waals surface area contributed by atoms with Crippen molar-refractivity contribution in [2.24, 2.45) is 11.8 Å². The fourth-order valence-corrected chi connectivity index (χ4v) is 4.13. The maximum atomic E-state index is 13.5. The van der Waals surface area contributed by atoms with Crippen LogP contribution in [0.2, 0.25) is 0 Å². The van der Waals surface area contributed by atoms with Gasteiger partial charge in [-0.05, 0) is 48.8 Å². The van der Waals surface area contributed by atoms with Crippen LogP contribution in [0, 0.1) is 17.8 Å². The molecule has 0 saturated carbocycles. The molecule has 146 valence electrons. The molecule has 2 N–H and O–H groups in total. The number of aromatic hydroxyl groups is 1. The molecule has 1 saturated heterocycles. The summed E-state index contributed by atoms with van der Waals surface area (Å²) in [5, 5.41) is 19.1. The fourth-order valence-electron chi connectivity index (χ4n) is 4.13. The Balaban J connectivity index is 1.51. The van der Waals surface area contributed by atoms with Gasteiger partial charge in [-0.1, -0.05) is 37.3 Å². The van der Waals surface area contributed by atoms with Crippen molar-refractivity contribution in [3.63, 3.8) is 0 Å². The lowest BCUT2D eigenvalue weighted by Gasteiger charge is -2.20. The van der Waals surface area contributed by atoms with Gasteiger partial charge in [0, 0.05) is 37.9 Å². The summed E-state index contributed by atoms with van der Waals surface area (Å²) < 4.78 is 13.5. The van der Waals surface area contributed by atoms with E-state index in [9.17, 15) is 14.6 Å². The van der Waals surface area contributed by atoms with Gasteiger partial charge < -0.3 is 15.1 Å². The summed E-state index contributed by atoms with van der Waals surface area (Å²) in [4.78, 5) is 6.22. The number of aliphatic hydroxyl groups excluding tert-OH is 1. The molecule has 2 aromatic rings. The molecule has 3 rings (SSSR count). The van der Waals surface area contributed by atoms with Crippen LogP contribution in [0.4, 0.5) is 4.39 Å². The van der Waals surface area contributed by atoms with Crippen LogP contribution >= 0.6 is 0 Å². The van der Waals surface area contributed by atoms with E-state index in [1.54, 1.807) is 6.07 Å². The highest BCUT2D eigenvalue weighted by atomic mass is 19.1. The van der Waals surface area contributed by atoms with Crippen molar-refractivity contribution in [2.75, 3.05) is 26.2 Å². The standard InChI is InChI=1S/C22H29FN2O2/c1-16(20-10-11-21(27)22(23)24-20)12-25-13-18(19(14-25)15-26)9-5-8-17-6-3-2-4-7-17/h2-4,6-7,10-11,16,18-19,26-27H,5,8-9,12-15H2,1H3/t16?,18-,19-/m1/s1. The van der Waals surface area contributed by atoms with E-state index in [1.165, 1.54) is 11.6 Å². The Morgan fingerprint density at radius 3 is 2.59 bits per heavy atom. The van der Waals surface area contributed by atoms with E-state index in [4.69, 9.17) is 0 Å². The second kappa shape index (κ2) is 9.29. The van der Waals surface area contributed by atoms with Crippen molar-refractivity contribution in [3.05, 3.63) is 59.7 Å². The number of aryl methyl sites for hydroxylation is 1. The van der Waals surface area contributed by atoms with Crippen LogP contribution in [-0.2, 0) is 6.42 Å². The van der Waals surface area contributed by atoms with E-state index in [2.05, 4.69) is 34.1 Å². The van der Waals surface area contributed by atoms with Gasteiger partial charge in [-0.25, -0.2) is 4.98 Å². The Bertz CT molecular complexity index is 726. The number of hydrogen-bond donors (Lipinski definition) is 2. The largest absolute Gasteiger partial charge is 0.504 e. The molecule has 0 radical (unpaired) electrons. The van der Waals surface area contributed by atoms with Crippen molar-refractivity contribution in [2.45, 2.75) is 32.1 Å². The minimum Gasteiger partial charge on any atom is -0.504 e. The van der Waals surface area contributed by atoms with Gasteiger partial charge in [-0.15, -0.1) is 0 Å². The van der Waals surface area contributed by atoms with Gasteiger partial charge in [0.1, 0.15) is 0 Å². The molecule has 27 heavy (non-hydrogen) atoms. The third-order valence-corrected chi connectivity index (χ3v) is 5.66. The predicted octanol–water partition coefficient (Wildman–Crippen LogP) is 3.59. The summed E-state index contributed by atoms with van der Waals surface area (Å²) in [6, 6.07) is 13.6. The minimum atomic E-state index is -0.812. The number of aromatic nitrogens is 1. The molecule has 2 heterocycles. The molecule has 1 aromatic carbocycles. The number of likely N-dealkylation sites (tertiary alicyclic amines) is 1. The molecule has 1 aliphatic heterocycles. The molecule has 0 bridgehead atoms. The van der Waals surface area contributed by atoms with Gasteiger partial charge in [-0.2, -0.15) is 4.39 Å². The monoisotopic (exact) mass is 372 g/mol. The van der Waals surface area contributed by atoms with E-state index in [0.717, 1.165) is 38.9 Å². The molecular formula is C22H29FN2O2. The zero-order valence-corrected chi connectivity index (χ0v) is 15.9. The Labute approximate surface area is 160 Å². The zero-order chi connectivity index (χ0) is 19.2. The third-order valence-electron chi connectivity index (χ3n) is 5.66. The first-order valence-electron chi connectivity index (χ1n) is 9.79. The number of halogens is 1. The number of benzene rings is 1. The summed E-state index contributed by atoms with van der Waals surface area (Å²) in [5.41, 5.74) is 2.01. The van der Waals surface area contributed by atoms with Gasteiger partial charge in [0.25, 0.3) is 5.95 Å². The molecule has 0 spiro atoms. The number of nitrogens with zero attached hydrogens (tertiary/aromatic N) is 2. The van der Waals surface area contributed by atoms with Gasteiger partial charge in [0.2, 0.25) is 0 Å². The van der Waals surface area contributed by atoms with Crippen molar-refractivity contribution in [1.29, 1.82) is 0 Å². The van der Waals surface area contributed by atoms with Crippen LogP contribution in [-0.4, -0.2) is 46.3 Å². The Morgan fingerprint density at radius 1 is 1.15 bits per heavy atom. The summed E-state index contributed by atoms with van der Waals surface area (Å²) >= 11 is 0. The fraction of sp³-hybridized carbons (Fsp3) is 0.500. The van der Waals surface area contributed by atoms with Crippen molar-refractivity contribution in [1.82, 2.24) is 9.88 Å². The van der Waals surface area contributed by atoms with E-state index in [1.807, 2.05) is 13.0 Å². The SMILES string of the molecule is CC(CN1C[C@@H](CCCc2ccccc2)[C@@H](CO)C1)c1ccc(O)c(F)n1. The quantitative estimate of drug-likeness (QED) is 0.695. The van der Waals surface area contributed by atoms with Gasteiger partial charge >= 0.3 is 0 Å².